The summed E-state index contributed by atoms with van der Waals surface area (Å²) in [5.74, 6) is 2.48. The molecule has 7 rings (SSSR count). The second-order valence-electron chi connectivity index (χ2n) is 13.3. The molecular formula is C45H44N2O+2. The third kappa shape index (κ3) is 4.86. The van der Waals surface area contributed by atoms with Crippen LogP contribution in [0.4, 0.5) is 0 Å². The van der Waals surface area contributed by atoms with Crippen LogP contribution in [0.5, 0.6) is 0 Å². The van der Waals surface area contributed by atoms with Crippen LogP contribution in [-0.4, -0.2) is 5.78 Å². The van der Waals surface area contributed by atoms with Crippen LogP contribution in [0, 0.1) is 19.3 Å². The number of rotatable bonds is 10. The zero-order chi connectivity index (χ0) is 33.4. The monoisotopic (exact) mass is 628 g/mol. The minimum Gasteiger partial charge on any atom is -0.288 e. The summed E-state index contributed by atoms with van der Waals surface area (Å²) in [5.41, 5.74) is 12.8. The summed E-state index contributed by atoms with van der Waals surface area (Å²) in [5, 5.41) is 1.23. The van der Waals surface area contributed by atoms with E-state index in [0.29, 0.717) is 11.1 Å². The quantitative estimate of drug-likeness (QED) is 0.0370. The summed E-state index contributed by atoms with van der Waals surface area (Å²) < 4.78 is 4.94. The van der Waals surface area contributed by atoms with E-state index in [1.165, 1.54) is 87.6 Å². The highest BCUT2D eigenvalue weighted by Gasteiger charge is 2.68. The van der Waals surface area contributed by atoms with Gasteiger partial charge in [0.1, 0.15) is 11.1 Å². The molecular weight excluding hydrogens is 585 g/mol. The van der Waals surface area contributed by atoms with Gasteiger partial charge >= 0.3 is 5.66 Å². The van der Waals surface area contributed by atoms with Crippen molar-refractivity contribution in [3.63, 3.8) is 0 Å². The number of ketones is 1. The second kappa shape index (κ2) is 12.9. The van der Waals surface area contributed by atoms with Gasteiger partial charge < -0.3 is 0 Å². The lowest BCUT2D eigenvalue weighted by atomic mass is 9.85. The van der Waals surface area contributed by atoms with Crippen LogP contribution in [-0.2, 0) is 18.5 Å². The van der Waals surface area contributed by atoms with Crippen molar-refractivity contribution in [1.29, 1.82) is 0 Å². The molecule has 2 aliphatic heterocycles. The number of pyridine rings is 2. The van der Waals surface area contributed by atoms with Crippen LogP contribution < -0.4 is 9.13 Å². The summed E-state index contributed by atoms with van der Waals surface area (Å²) in [6.45, 7) is 8.69. The van der Waals surface area contributed by atoms with Crippen LogP contribution in [0.25, 0.3) is 33.4 Å². The molecule has 3 heteroatoms. The van der Waals surface area contributed by atoms with Crippen molar-refractivity contribution < 1.29 is 13.9 Å². The first-order chi connectivity index (χ1) is 23.5. The van der Waals surface area contributed by atoms with E-state index in [2.05, 4.69) is 115 Å². The van der Waals surface area contributed by atoms with Crippen molar-refractivity contribution in [3.05, 3.63) is 142 Å². The van der Waals surface area contributed by atoms with Crippen molar-refractivity contribution >= 4 is 16.7 Å². The predicted octanol–water partition coefficient (Wildman–Crippen LogP) is 9.38. The Kier molecular flexibility index (Phi) is 8.44. The van der Waals surface area contributed by atoms with Gasteiger partial charge in [0.05, 0.1) is 16.7 Å². The molecule has 5 aromatic rings. The fraction of sp³-hybridized carbons (Fsp3) is 0.267. The number of hydrogen-bond acceptors (Lipinski definition) is 1. The molecule has 0 saturated carbocycles. The van der Waals surface area contributed by atoms with Crippen LogP contribution in [0.3, 0.4) is 0 Å². The number of terminal acetylenes is 1. The maximum Gasteiger partial charge on any atom is 0.418 e. The minimum atomic E-state index is -0.722. The Hall–Kier alpha value is -5.07. The first-order valence-electron chi connectivity index (χ1n) is 17.6. The number of fused-ring (bicyclic) bond motifs is 12. The molecule has 0 fully saturated rings. The molecule has 0 saturated heterocycles. The Balaban J connectivity index is 1.57. The highest BCUT2D eigenvalue weighted by molar-refractivity contribution is 6.10. The summed E-state index contributed by atoms with van der Waals surface area (Å²) in [6, 6.07) is 29.3. The molecule has 1 spiro atoms. The van der Waals surface area contributed by atoms with Crippen molar-refractivity contribution in [2.24, 2.45) is 0 Å². The molecule has 1 unspecified atom stereocenters. The second-order valence-corrected chi connectivity index (χ2v) is 13.3. The van der Waals surface area contributed by atoms with Gasteiger partial charge in [0, 0.05) is 29.2 Å². The van der Waals surface area contributed by atoms with Crippen molar-refractivity contribution in [2.45, 2.75) is 78.3 Å². The number of allylic oxidation sites excluding steroid dienone is 4. The molecule has 4 heterocycles. The standard InChI is InChI=1S/C45H44N2O/c1-6-10-12-18-33-27-31(5)43-38(29-33)42-26-22-35-28-32(17-11-7-2)21-24-40(35)47(42)45(43)39-20-14-13-19-37(39)41-25-23-36(30-46(41)45)44(48)34(15-8-3)16-9-4/h3,9,13-16,19-30H,6-7,10-12,17-18H2,1-2,4-5H3/q+2. The molecule has 0 bridgehead atoms. The average Bonchev–Trinajstić information content (AvgIpc) is 3.57. The average molecular weight is 629 g/mol. The number of unbranched alkanes of at least 4 members (excludes halogenated alkanes) is 3. The van der Waals surface area contributed by atoms with Crippen LogP contribution in [0.1, 0.15) is 91.1 Å². The summed E-state index contributed by atoms with van der Waals surface area (Å²) in [4.78, 5) is 14.0. The van der Waals surface area contributed by atoms with E-state index in [-0.39, 0.29) is 5.78 Å². The highest BCUT2D eigenvalue weighted by atomic mass is 16.1. The largest absolute Gasteiger partial charge is 0.418 e. The lowest BCUT2D eigenvalue weighted by Gasteiger charge is -2.20. The number of nitrogens with zero attached hydrogens (tertiary/aromatic N) is 2. The predicted molar refractivity (Wildman–Crippen MR) is 196 cm³/mol. The van der Waals surface area contributed by atoms with E-state index >= 15 is 0 Å². The summed E-state index contributed by atoms with van der Waals surface area (Å²) >= 11 is 0. The molecule has 0 amide bonds. The first kappa shape index (κ1) is 31.5. The molecule has 0 radical (unpaired) electrons. The Labute approximate surface area is 285 Å². The number of aryl methyl sites for hydroxylation is 3. The Morgan fingerprint density at radius 3 is 2.44 bits per heavy atom. The number of carbonyl (C=O) groups excluding carboxylic acids is 1. The van der Waals surface area contributed by atoms with E-state index < -0.39 is 5.66 Å². The molecule has 48 heavy (non-hydrogen) atoms. The molecule has 0 N–H and O–H groups in total. The Morgan fingerprint density at radius 1 is 0.854 bits per heavy atom. The smallest absolute Gasteiger partial charge is 0.288 e. The number of hydrogen-bond donors (Lipinski definition) is 0. The van der Waals surface area contributed by atoms with Crippen LogP contribution in [0.2, 0.25) is 0 Å². The minimum absolute atomic E-state index is 0.0858. The lowest BCUT2D eigenvalue weighted by Crippen LogP contribution is -2.72. The molecule has 3 nitrogen and oxygen atoms in total. The lowest BCUT2D eigenvalue weighted by molar-refractivity contribution is -0.944. The van der Waals surface area contributed by atoms with Gasteiger partial charge in [-0.25, -0.2) is 0 Å². The summed E-state index contributed by atoms with van der Waals surface area (Å²) in [7, 11) is 0. The van der Waals surface area contributed by atoms with Gasteiger partial charge in [0.25, 0.3) is 0 Å². The highest BCUT2D eigenvalue weighted by Crippen LogP contribution is 2.49. The molecule has 3 aromatic carbocycles. The molecule has 0 aliphatic carbocycles. The van der Waals surface area contributed by atoms with Crippen LogP contribution >= 0.6 is 0 Å². The number of aromatic nitrogens is 2. The van der Waals surface area contributed by atoms with Crippen LogP contribution in [0.15, 0.2) is 109 Å². The SMILES string of the molecule is C#CC=C(C=CC)C(=O)c1ccc2[n+](c1)C1(c3ccccc3-2)c2c(C)cc(CCCCC)cc2-c2ccc3cc(CCCC)ccc3[n+]21. The van der Waals surface area contributed by atoms with E-state index in [0.717, 1.165) is 18.5 Å². The van der Waals surface area contributed by atoms with E-state index in [1.54, 1.807) is 12.2 Å². The third-order valence-corrected chi connectivity index (χ3v) is 10.2. The zero-order valence-electron chi connectivity index (χ0n) is 28.6. The van der Waals surface area contributed by atoms with Gasteiger partial charge in [-0.15, -0.1) is 15.6 Å². The number of carbonyl (C=O) groups is 1. The fourth-order valence-electron chi connectivity index (χ4n) is 8.14. The number of benzene rings is 3. The summed E-state index contributed by atoms with van der Waals surface area (Å²) in [6.07, 6.45) is 21.1. The Bertz CT molecular complexity index is 2190. The van der Waals surface area contributed by atoms with Gasteiger partial charge in [-0.05, 0) is 98.7 Å². The number of Topliss-reactive ketones (excluding diaryl/α,β-unsaturated/α-hetero) is 1. The first-order valence-corrected chi connectivity index (χ1v) is 17.6. The fourth-order valence-corrected chi connectivity index (χ4v) is 8.14. The topological polar surface area (TPSA) is 24.8 Å². The normalized spacial score (nSPS) is 15.9. The van der Waals surface area contributed by atoms with Gasteiger partial charge in [-0.3, -0.25) is 4.79 Å². The van der Waals surface area contributed by atoms with Crippen molar-refractivity contribution in [2.75, 3.05) is 0 Å². The van der Waals surface area contributed by atoms with Gasteiger partial charge in [0.15, 0.2) is 12.0 Å². The maximum absolute atomic E-state index is 14.0. The Morgan fingerprint density at radius 2 is 1.65 bits per heavy atom. The third-order valence-electron chi connectivity index (χ3n) is 10.2. The van der Waals surface area contributed by atoms with E-state index in [9.17, 15) is 4.79 Å². The molecule has 1 atom stereocenters. The molecule has 2 aromatic heterocycles. The van der Waals surface area contributed by atoms with Gasteiger partial charge in [0.2, 0.25) is 16.9 Å². The molecule has 2 aliphatic rings. The zero-order valence-corrected chi connectivity index (χ0v) is 28.6. The molecule has 238 valence electrons. The van der Waals surface area contributed by atoms with Crippen molar-refractivity contribution in [3.8, 4) is 34.9 Å². The van der Waals surface area contributed by atoms with Crippen molar-refractivity contribution in [1.82, 2.24) is 0 Å². The van der Waals surface area contributed by atoms with E-state index in [1.807, 2.05) is 19.1 Å². The van der Waals surface area contributed by atoms with E-state index in [4.69, 9.17) is 6.42 Å². The van der Waals surface area contributed by atoms with Gasteiger partial charge in [-0.1, -0.05) is 75.4 Å². The van der Waals surface area contributed by atoms with Gasteiger partial charge in [-0.2, -0.15) is 0 Å². The maximum atomic E-state index is 14.0.